The van der Waals surface area contributed by atoms with Crippen molar-refractivity contribution in [1.82, 2.24) is 9.88 Å². The van der Waals surface area contributed by atoms with Gasteiger partial charge < -0.3 is 10.6 Å². The first kappa shape index (κ1) is 18.4. The lowest BCUT2D eigenvalue weighted by molar-refractivity contribution is -0.122. The van der Waals surface area contributed by atoms with Crippen molar-refractivity contribution >= 4 is 17.5 Å². The number of benzene rings is 1. The number of carbonyl (C=O) groups is 1. The van der Waals surface area contributed by atoms with Gasteiger partial charge in [-0.3, -0.25) is 9.78 Å². The predicted molar refractivity (Wildman–Crippen MR) is 98.2 cm³/mol. The maximum absolute atomic E-state index is 12.7. The fraction of sp³-hybridized carbons (Fsp3) is 0.368. The third-order valence-electron chi connectivity index (χ3n) is 4.57. The van der Waals surface area contributed by atoms with Crippen molar-refractivity contribution in [3.63, 3.8) is 0 Å². The molecular weight excluding hydrogens is 322 g/mol. The zero-order valence-corrected chi connectivity index (χ0v) is 15.3. The van der Waals surface area contributed by atoms with Crippen LogP contribution in [-0.4, -0.2) is 35.9 Å². The number of aryl methyl sites for hydroxylation is 1. The molecule has 0 aliphatic rings. The molecule has 0 aliphatic heterocycles. The average molecular weight is 346 g/mol. The van der Waals surface area contributed by atoms with E-state index in [4.69, 9.17) is 17.3 Å². The topological polar surface area (TPSA) is 59.2 Å². The molecule has 1 aromatic carbocycles. The second-order valence-electron chi connectivity index (χ2n) is 6.46. The summed E-state index contributed by atoms with van der Waals surface area (Å²) in [6.45, 7) is 3.98. The fourth-order valence-electron chi connectivity index (χ4n) is 2.88. The van der Waals surface area contributed by atoms with Crippen LogP contribution in [0.4, 0.5) is 0 Å². The van der Waals surface area contributed by atoms with Crippen LogP contribution in [0.25, 0.3) is 0 Å². The van der Waals surface area contributed by atoms with Gasteiger partial charge >= 0.3 is 0 Å². The maximum atomic E-state index is 12.7. The molecule has 4 nitrogen and oxygen atoms in total. The lowest BCUT2D eigenvalue weighted by Crippen LogP contribution is -2.47. The molecule has 0 aliphatic carbocycles. The molecular formula is C19H24ClN3O. The standard InChI is InChI=1S/C19H24ClN3O/c1-13-6-5-7-17(22-13)19(18(21)24,12-14(2)23(3)4)15-8-10-16(20)11-9-15/h5-11,14H,12H2,1-4H3,(H2,21,24). The first-order valence-electron chi connectivity index (χ1n) is 7.94. The minimum atomic E-state index is -1.000. The molecule has 1 heterocycles. The van der Waals surface area contributed by atoms with E-state index in [-0.39, 0.29) is 6.04 Å². The summed E-state index contributed by atoms with van der Waals surface area (Å²) in [6, 6.07) is 13.1. The van der Waals surface area contributed by atoms with E-state index in [9.17, 15) is 4.79 Å². The number of carbonyl (C=O) groups excluding carboxylic acids is 1. The van der Waals surface area contributed by atoms with Crippen LogP contribution in [0.5, 0.6) is 0 Å². The van der Waals surface area contributed by atoms with Gasteiger partial charge in [0.25, 0.3) is 0 Å². The predicted octanol–water partition coefficient (Wildman–Crippen LogP) is 3.16. The Labute approximate surface area is 148 Å². The van der Waals surface area contributed by atoms with Crippen molar-refractivity contribution < 1.29 is 4.79 Å². The van der Waals surface area contributed by atoms with Gasteiger partial charge in [0.05, 0.1) is 5.69 Å². The Morgan fingerprint density at radius 3 is 2.38 bits per heavy atom. The van der Waals surface area contributed by atoms with Crippen molar-refractivity contribution in [3.8, 4) is 0 Å². The number of pyridine rings is 1. The van der Waals surface area contributed by atoms with E-state index in [0.717, 1.165) is 11.3 Å². The normalized spacial score (nSPS) is 15.1. The number of nitrogens with two attached hydrogens (primary N) is 1. The van der Waals surface area contributed by atoms with Gasteiger partial charge in [0, 0.05) is 16.8 Å². The highest BCUT2D eigenvalue weighted by molar-refractivity contribution is 6.30. The van der Waals surface area contributed by atoms with Crippen LogP contribution < -0.4 is 5.73 Å². The van der Waals surface area contributed by atoms with Crippen LogP contribution >= 0.6 is 11.6 Å². The molecule has 0 saturated carbocycles. The summed E-state index contributed by atoms with van der Waals surface area (Å²) in [7, 11) is 3.98. The van der Waals surface area contributed by atoms with Crippen molar-refractivity contribution in [2.75, 3.05) is 14.1 Å². The third kappa shape index (κ3) is 3.60. The second kappa shape index (κ2) is 7.32. The summed E-state index contributed by atoms with van der Waals surface area (Å²) in [6.07, 6.45) is 0.535. The van der Waals surface area contributed by atoms with E-state index >= 15 is 0 Å². The minimum Gasteiger partial charge on any atom is -0.369 e. The molecule has 0 spiro atoms. The summed E-state index contributed by atoms with van der Waals surface area (Å²) < 4.78 is 0. The first-order chi connectivity index (χ1) is 11.3. The number of amides is 1. The Morgan fingerprint density at radius 1 is 1.25 bits per heavy atom. The largest absolute Gasteiger partial charge is 0.369 e. The highest BCUT2D eigenvalue weighted by Gasteiger charge is 2.43. The number of nitrogens with zero attached hydrogens (tertiary/aromatic N) is 2. The van der Waals surface area contributed by atoms with Crippen molar-refractivity contribution in [3.05, 3.63) is 64.4 Å². The van der Waals surface area contributed by atoms with Crippen LogP contribution in [0.3, 0.4) is 0 Å². The number of primary amides is 1. The number of hydrogen-bond acceptors (Lipinski definition) is 3. The van der Waals surface area contributed by atoms with Crippen LogP contribution in [-0.2, 0) is 10.2 Å². The average Bonchev–Trinajstić information content (AvgIpc) is 2.52. The van der Waals surface area contributed by atoms with Gasteiger partial charge in [-0.15, -0.1) is 0 Å². The van der Waals surface area contributed by atoms with Gasteiger partial charge in [-0.2, -0.15) is 0 Å². The number of rotatable bonds is 6. The second-order valence-corrected chi connectivity index (χ2v) is 6.89. The summed E-state index contributed by atoms with van der Waals surface area (Å²) in [4.78, 5) is 19.4. The Bertz CT molecular complexity index is 715. The zero-order valence-electron chi connectivity index (χ0n) is 14.6. The van der Waals surface area contributed by atoms with Crippen molar-refractivity contribution in [1.29, 1.82) is 0 Å². The lowest BCUT2D eigenvalue weighted by Gasteiger charge is -2.35. The molecule has 24 heavy (non-hydrogen) atoms. The molecule has 2 aromatic rings. The summed E-state index contributed by atoms with van der Waals surface area (Å²) in [5.41, 5.74) is 7.28. The van der Waals surface area contributed by atoms with Crippen LogP contribution in [0.2, 0.25) is 5.02 Å². The molecule has 1 aromatic heterocycles. The molecule has 1 amide bonds. The maximum Gasteiger partial charge on any atom is 0.234 e. The molecule has 0 radical (unpaired) electrons. The van der Waals surface area contributed by atoms with Gasteiger partial charge in [0.2, 0.25) is 5.91 Å². The Kier molecular flexibility index (Phi) is 5.62. The Hall–Kier alpha value is -1.91. The number of halogens is 1. The SMILES string of the molecule is Cc1cccc(C(CC(C)N(C)C)(C(N)=O)c2ccc(Cl)cc2)n1. The van der Waals surface area contributed by atoms with Gasteiger partial charge in [-0.05, 0) is 64.2 Å². The van der Waals surface area contributed by atoms with Crippen molar-refractivity contribution in [2.24, 2.45) is 5.73 Å². The quantitative estimate of drug-likeness (QED) is 0.874. The first-order valence-corrected chi connectivity index (χ1v) is 8.31. The number of aromatic nitrogens is 1. The molecule has 2 unspecified atom stereocenters. The highest BCUT2D eigenvalue weighted by atomic mass is 35.5. The molecule has 2 atom stereocenters. The van der Waals surface area contributed by atoms with Gasteiger partial charge in [-0.1, -0.05) is 29.8 Å². The fourth-order valence-corrected chi connectivity index (χ4v) is 3.01. The van der Waals surface area contributed by atoms with Gasteiger partial charge in [0.15, 0.2) is 0 Å². The third-order valence-corrected chi connectivity index (χ3v) is 4.82. The molecule has 128 valence electrons. The van der Waals surface area contributed by atoms with Crippen LogP contribution in [0.15, 0.2) is 42.5 Å². The molecule has 0 bridgehead atoms. The van der Waals surface area contributed by atoms with E-state index in [2.05, 4.69) is 16.8 Å². The summed E-state index contributed by atoms with van der Waals surface area (Å²) in [5.74, 6) is -0.406. The summed E-state index contributed by atoms with van der Waals surface area (Å²) >= 11 is 6.03. The lowest BCUT2D eigenvalue weighted by atomic mass is 9.72. The zero-order chi connectivity index (χ0) is 17.9. The van der Waals surface area contributed by atoms with E-state index in [1.54, 1.807) is 12.1 Å². The van der Waals surface area contributed by atoms with Crippen molar-refractivity contribution in [2.45, 2.75) is 31.7 Å². The molecule has 0 fully saturated rings. The molecule has 0 saturated heterocycles. The van der Waals surface area contributed by atoms with Gasteiger partial charge in [-0.25, -0.2) is 0 Å². The van der Waals surface area contributed by atoms with E-state index < -0.39 is 11.3 Å². The summed E-state index contributed by atoms with van der Waals surface area (Å²) in [5, 5.41) is 0.620. The highest BCUT2D eigenvalue weighted by Crippen LogP contribution is 2.37. The van der Waals surface area contributed by atoms with E-state index in [1.165, 1.54) is 0 Å². The smallest absolute Gasteiger partial charge is 0.234 e. The van der Waals surface area contributed by atoms with Crippen LogP contribution in [0, 0.1) is 6.92 Å². The minimum absolute atomic E-state index is 0.135. The van der Waals surface area contributed by atoms with E-state index in [0.29, 0.717) is 17.1 Å². The number of hydrogen-bond donors (Lipinski definition) is 1. The Morgan fingerprint density at radius 2 is 1.88 bits per heavy atom. The monoisotopic (exact) mass is 345 g/mol. The van der Waals surface area contributed by atoms with E-state index in [1.807, 2.05) is 51.4 Å². The Balaban J connectivity index is 2.69. The molecule has 5 heteroatoms. The molecule has 2 rings (SSSR count). The van der Waals surface area contributed by atoms with Gasteiger partial charge in [0.1, 0.15) is 5.41 Å². The van der Waals surface area contributed by atoms with Crippen LogP contribution in [0.1, 0.15) is 30.3 Å². The molecule has 2 N–H and O–H groups in total.